The summed E-state index contributed by atoms with van der Waals surface area (Å²) in [4.78, 5) is 28.4. The minimum absolute atomic E-state index is 0.0178. The highest BCUT2D eigenvalue weighted by Gasteiger charge is 2.12. The molecular formula is C22H25BN3O2. The maximum Gasteiger partial charge on any atom is 0.277 e. The molecule has 0 bridgehead atoms. The molecule has 0 fully saturated rings. The van der Waals surface area contributed by atoms with E-state index >= 15 is 0 Å². The van der Waals surface area contributed by atoms with Gasteiger partial charge in [0.05, 0.1) is 12.7 Å². The van der Waals surface area contributed by atoms with E-state index in [0.717, 1.165) is 43.0 Å². The van der Waals surface area contributed by atoms with Crippen LogP contribution in [0, 0.1) is 0 Å². The van der Waals surface area contributed by atoms with Crippen molar-refractivity contribution in [3.8, 4) is 11.4 Å². The van der Waals surface area contributed by atoms with E-state index in [-0.39, 0.29) is 12.1 Å². The summed E-state index contributed by atoms with van der Waals surface area (Å²) in [6.45, 7) is 2.64. The van der Waals surface area contributed by atoms with Crippen LogP contribution in [-0.2, 0) is 11.3 Å². The fourth-order valence-corrected chi connectivity index (χ4v) is 3.28. The number of nitrogens with zero attached hydrogens (tertiary/aromatic N) is 2. The van der Waals surface area contributed by atoms with E-state index in [2.05, 4.69) is 28.5 Å². The molecule has 2 aromatic rings. The number of nitrogens with one attached hydrogen (secondary N) is 1. The van der Waals surface area contributed by atoms with Crippen molar-refractivity contribution in [2.45, 2.75) is 39.1 Å². The molecule has 0 spiro atoms. The quantitative estimate of drug-likeness (QED) is 0.417. The molecule has 0 amide bonds. The van der Waals surface area contributed by atoms with Gasteiger partial charge in [-0.2, -0.15) is 0 Å². The maximum absolute atomic E-state index is 12.8. The Morgan fingerprint density at radius 3 is 2.75 bits per heavy atom. The Hall–Kier alpha value is -2.89. The molecule has 3 rings (SSSR count). The Bertz CT molecular complexity index is 930. The van der Waals surface area contributed by atoms with Crippen molar-refractivity contribution in [3.05, 3.63) is 64.6 Å². The number of hydrogen-bond acceptors (Lipinski definition) is 4. The van der Waals surface area contributed by atoms with Gasteiger partial charge in [-0.05, 0) is 25.7 Å². The fraction of sp³-hybridized carbons (Fsp3) is 0.318. The molecular weight excluding hydrogens is 349 g/mol. The molecule has 1 heterocycles. The van der Waals surface area contributed by atoms with E-state index in [9.17, 15) is 9.59 Å². The van der Waals surface area contributed by atoms with E-state index in [4.69, 9.17) is 0 Å². The van der Waals surface area contributed by atoms with Crippen molar-refractivity contribution < 1.29 is 4.79 Å². The van der Waals surface area contributed by atoms with Crippen LogP contribution in [0.3, 0.4) is 0 Å². The van der Waals surface area contributed by atoms with Gasteiger partial charge in [-0.15, -0.1) is 0 Å². The van der Waals surface area contributed by atoms with Crippen LogP contribution in [0.1, 0.15) is 25.7 Å². The molecule has 5 nitrogen and oxygen atoms in total. The average Bonchev–Trinajstić information content (AvgIpc) is 2.74. The molecule has 0 atom stereocenters. The summed E-state index contributed by atoms with van der Waals surface area (Å²) in [5.41, 5.74) is 3.46. The molecule has 0 saturated carbocycles. The molecule has 0 unspecified atom stereocenters. The maximum atomic E-state index is 12.8. The Morgan fingerprint density at radius 1 is 1.25 bits per heavy atom. The molecule has 143 valence electrons. The number of aldehydes is 1. The zero-order valence-corrected chi connectivity index (χ0v) is 16.2. The highest BCUT2D eigenvalue weighted by Crippen LogP contribution is 2.17. The van der Waals surface area contributed by atoms with E-state index in [1.807, 2.05) is 38.4 Å². The third kappa shape index (κ3) is 4.88. The summed E-state index contributed by atoms with van der Waals surface area (Å²) in [6.07, 6.45) is 13.1. The van der Waals surface area contributed by atoms with E-state index < -0.39 is 0 Å². The van der Waals surface area contributed by atoms with Gasteiger partial charge in [0.2, 0.25) is 0 Å². The third-order valence-electron chi connectivity index (χ3n) is 4.84. The van der Waals surface area contributed by atoms with Gasteiger partial charge >= 0.3 is 0 Å². The third-order valence-corrected chi connectivity index (χ3v) is 4.84. The molecule has 6 heteroatoms. The lowest BCUT2D eigenvalue weighted by molar-refractivity contribution is -0.108. The van der Waals surface area contributed by atoms with E-state index in [1.54, 1.807) is 6.20 Å². The van der Waals surface area contributed by atoms with Crippen LogP contribution in [0.25, 0.3) is 11.4 Å². The predicted molar refractivity (Wildman–Crippen MR) is 115 cm³/mol. The van der Waals surface area contributed by atoms with Crippen LogP contribution in [-0.4, -0.2) is 29.7 Å². The topological polar surface area (TPSA) is 64.0 Å². The minimum atomic E-state index is -0.222. The molecule has 0 saturated heterocycles. The molecule has 28 heavy (non-hydrogen) atoms. The first-order valence-corrected chi connectivity index (χ1v) is 9.75. The smallest absolute Gasteiger partial charge is 0.277 e. The zero-order valence-electron chi connectivity index (χ0n) is 16.2. The van der Waals surface area contributed by atoms with Crippen molar-refractivity contribution in [1.29, 1.82) is 0 Å². The van der Waals surface area contributed by atoms with Crippen LogP contribution >= 0.6 is 0 Å². The SMILES string of the molecule is C[B]c1ccc(-c2ncc(NCCCC3=CCCC=C3)c(=O)n2CC=O)cc1. The molecule has 1 N–H and O–H groups in total. The molecule has 1 radical (unpaired) electrons. The van der Waals surface area contributed by atoms with Gasteiger partial charge in [-0.1, -0.05) is 60.4 Å². The van der Waals surface area contributed by atoms with Gasteiger partial charge in [0.1, 0.15) is 25.1 Å². The van der Waals surface area contributed by atoms with Gasteiger partial charge in [-0.25, -0.2) is 4.98 Å². The Labute approximate surface area is 166 Å². The monoisotopic (exact) mass is 374 g/mol. The zero-order chi connectivity index (χ0) is 19.8. The van der Waals surface area contributed by atoms with Crippen molar-refractivity contribution in [3.63, 3.8) is 0 Å². The van der Waals surface area contributed by atoms with Gasteiger partial charge < -0.3 is 10.1 Å². The van der Waals surface area contributed by atoms with E-state index in [1.165, 1.54) is 10.1 Å². The summed E-state index contributed by atoms with van der Waals surface area (Å²) in [5, 5.41) is 3.18. The van der Waals surface area contributed by atoms with Crippen molar-refractivity contribution in [2.75, 3.05) is 11.9 Å². The van der Waals surface area contributed by atoms with Gasteiger partial charge in [0.15, 0.2) is 0 Å². The lowest BCUT2D eigenvalue weighted by atomic mass is 9.73. The molecule has 1 aliphatic rings. The lowest BCUT2D eigenvalue weighted by Crippen LogP contribution is -2.27. The van der Waals surface area contributed by atoms with Gasteiger partial charge in [0.25, 0.3) is 5.56 Å². The molecule has 1 aromatic carbocycles. The van der Waals surface area contributed by atoms with Crippen molar-refractivity contribution in [1.82, 2.24) is 9.55 Å². The number of rotatable bonds is 9. The van der Waals surface area contributed by atoms with Crippen LogP contribution in [0.4, 0.5) is 5.69 Å². The van der Waals surface area contributed by atoms with Crippen LogP contribution in [0.15, 0.2) is 59.1 Å². The first-order chi connectivity index (χ1) is 13.7. The normalized spacial score (nSPS) is 13.1. The van der Waals surface area contributed by atoms with E-state index in [0.29, 0.717) is 18.1 Å². The molecule has 1 aliphatic carbocycles. The second-order valence-electron chi connectivity index (χ2n) is 6.78. The summed E-state index contributed by atoms with van der Waals surface area (Å²) >= 11 is 0. The largest absolute Gasteiger partial charge is 0.379 e. The summed E-state index contributed by atoms with van der Waals surface area (Å²) in [5.74, 6) is 0.503. The number of anilines is 1. The highest BCUT2D eigenvalue weighted by atomic mass is 16.1. The van der Waals surface area contributed by atoms with Crippen LogP contribution in [0.5, 0.6) is 0 Å². The van der Waals surface area contributed by atoms with Gasteiger partial charge in [-0.3, -0.25) is 9.36 Å². The molecule has 0 aliphatic heterocycles. The standard InChI is InChI=1S/C22H25BN3O2/c1-23-19-11-9-18(10-12-19)21-25-16-20(22(28)26(21)14-15-27)24-13-5-8-17-6-3-2-4-7-17/h3,6-7,9-12,15-16,24H,2,4-5,8,13-14H2,1H3. The number of hydrogen-bond donors (Lipinski definition) is 1. The van der Waals surface area contributed by atoms with Crippen molar-refractivity contribution >= 4 is 24.7 Å². The van der Waals surface area contributed by atoms with Gasteiger partial charge in [0, 0.05) is 12.1 Å². The number of carbonyl (C=O) groups is 1. The predicted octanol–water partition coefficient (Wildman–Crippen LogP) is 2.96. The highest BCUT2D eigenvalue weighted by molar-refractivity contribution is 6.51. The number of benzene rings is 1. The van der Waals surface area contributed by atoms with Crippen LogP contribution < -0.4 is 16.3 Å². The first-order valence-electron chi connectivity index (χ1n) is 9.75. The Morgan fingerprint density at radius 2 is 2.07 bits per heavy atom. The Balaban J connectivity index is 1.73. The summed E-state index contributed by atoms with van der Waals surface area (Å²) in [7, 11) is 2.00. The fourth-order valence-electron chi connectivity index (χ4n) is 3.28. The molecule has 1 aromatic heterocycles. The summed E-state index contributed by atoms with van der Waals surface area (Å²) in [6, 6.07) is 7.76. The second kappa shape index (κ2) is 9.88. The van der Waals surface area contributed by atoms with Crippen molar-refractivity contribution in [2.24, 2.45) is 0 Å². The Kier molecular flexibility index (Phi) is 7.01. The second-order valence-corrected chi connectivity index (χ2v) is 6.78. The lowest BCUT2D eigenvalue weighted by Gasteiger charge is -2.13. The average molecular weight is 374 g/mol. The summed E-state index contributed by atoms with van der Waals surface area (Å²) < 4.78 is 1.42. The first kappa shape index (κ1) is 19.9. The minimum Gasteiger partial charge on any atom is -0.379 e. The number of carbonyl (C=O) groups excluding carboxylic acids is 1. The number of allylic oxidation sites excluding steroid dienone is 4. The van der Waals surface area contributed by atoms with Crippen LogP contribution in [0.2, 0.25) is 6.82 Å². The number of aromatic nitrogens is 2.